The second-order valence-corrected chi connectivity index (χ2v) is 6.25. The van der Waals surface area contributed by atoms with E-state index in [1.165, 1.54) is 0 Å². The van der Waals surface area contributed by atoms with Crippen LogP contribution >= 0.6 is 23.2 Å². The molecule has 0 radical (unpaired) electrons. The Kier molecular flexibility index (Phi) is 5.97. The topological polar surface area (TPSA) is 110 Å². The molecule has 0 bridgehead atoms. The van der Waals surface area contributed by atoms with Gasteiger partial charge in [0.1, 0.15) is 11.4 Å². The summed E-state index contributed by atoms with van der Waals surface area (Å²) in [6.45, 7) is 1.06. The lowest BCUT2D eigenvalue weighted by Gasteiger charge is -2.10. The molecule has 1 rings (SSSR count). The predicted molar refractivity (Wildman–Crippen MR) is 75.2 cm³/mol. The van der Waals surface area contributed by atoms with Crippen LogP contribution in [-0.4, -0.2) is 38.6 Å². The van der Waals surface area contributed by atoms with Crippen molar-refractivity contribution in [3.8, 4) is 0 Å². The lowest BCUT2D eigenvalue weighted by Crippen LogP contribution is -2.31. The van der Waals surface area contributed by atoms with Crippen LogP contribution in [0, 0.1) is 0 Å². The Balaban J connectivity index is 3.14. The van der Waals surface area contributed by atoms with Crippen LogP contribution in [0.1, 0.15) is 17.3 Å². The fourth-order valence-electron chi connectivity index (χ4n) is 1.36. The molecule has 1 aromatic carbocycles. The lowest BCUT2D eigenvalue weighted by molar-refractivity contribution is -0.141. The molecule has 0 aliphatic carbocycles. The van der Waals surface area contributed by atoms with Crippen LogP contribution in [-0.2, 0) is 19.6 Å². The summed E-state index contributed by atoms with van der Waals surface area (Å²) in [6.07, 6.45) is 0. The molecule has 2 N–H and O–H groups in total. The first-order valence-electron chi connectivity index (χ1n) is 5.56. The van der Waals surface area contributed by atoms with E-state index in [9.17, 15) is 18.0 Å². The van der Waals surface area contributed by atoms with E-state index in [4.69, 9.17) is 28.3 Å². The zero-order valence-corrected chi connectivity index (χ0v) is 13.0. The van der Waals surface area contributed by atoms with Gasteiger partial charge in [0, 0.05) is 5.02 Å². The Morgan fingerprint density at radius 3 is 2.48 bits per heavy atom. The highest BCUT2D eigenvalue weighted by Crippen LogP contribution is 2.29. The Morgan fingerprint density at radius 1 is 1.33 bits per heavy atom. The number of carboxylic acid groups (broad SMARTS) is 1. The van der Waals surface area contributed by atoms with Gasteiger partial charge < -0.3 is 9.84 Å². The number of ether oxygens (including phenoxy) is 1. The number of nitrogens with one attached hydrogen (secondary N) is 1. The zero-order valence-electron chi connectivity index (χ0n) is 10.7. The molecule has 0 fully saturated rings. The van der Waals surface area contributed by atoms with Crippen molar-refractivity contribution in [1.29, 1.82) is 0 Å². The maximum Gasteiger partial charge on any atom is 0.337 e. The molecule has 116 valence electrons. The molecule has 0 saturated carbocycles. The molecule has 0 aromatic heterocycles. The van der Waals surface area contributed by atoms with Gasteiger partial charge in [0.15, 0.2) is 0 Å². The van der Waals surface area contributed by atoms with E-state index < -0.39 is 44.0 Å². The van der Waals surface area contributed by atoms with Gasteiger partial charge in [-0.2, -0.15) is 4.72 Å². The van der Waals surface area contributed by atoms with E-state index in [-0.39, 0.29) is 11.6 Å². The fraction of sp³-hybridized carbons (Fsp3) is 0.273. The van der Waals surface area contributed by atoms with Crippen molar-refractivity contribution in [3.63, 3.8) is 0 Å². The first-order valence-corrected chi connectivity index (χ1v) is 7.80. The molecule has 10 heteroatoms. The molecule has 0 amide bonds. The van der Waals surface area contributed by atoms with Crippen LogP contribution < -0.4 is 4.72 Å². The smallest absolute Gasteiger partial charge is 0.337 e. The molecule has 0 aliphatic rings. The van der Waals surface area contributed by atoms with Gasteiger partial charge in [-0.3, -0.25) is 4.79 Å². The minimum Gasteiger partial charge on any atom is -0.478 e. The number of hydrogen-bond donors (Lipinski definition) is 2. The molecule has 0 saturated heterocycles. The van der Waals surface area contributed by atoms with Crippen LogP contribution in [0.2, 0.25) is 10.0 Å². The third-order valence-electron chi connectivity index (χ3n) is 2.24. The third kappa shape index (κ3) is 4.57. The predicted octanol–water partition coefficient (Wildman–Crippen LogP) is 1.53. The van der Waals surface area contributed by atoms with E-state index in [0.29, 0.717) is 0 Å². The van der Waals surface area contributed by atoms with E-state index >= 15 is 0 Å². The van der Waals surface area contributed by atoms with Crippen LogP contribution in [0.25, 0.3) is 0 Å². The summed E-state index contributed by atoms with van der Waals surface area (Å²) in [5.74, 6) is -2.21. The highest BCUT2D eigenvalue weighted by atomic mass is 35.5. The van der Waals surface area contributed by atoms with Crippen LogP contribution in [0.3, 0.4) is 0 Å². The van der Waals surface area contributed by atoms with Gasteiger partial charge in [0.2, 0.25) is 10.0 Å². The summed E-state index contributed by atoms with van der Waals surface area (Å²) in [5.41, 5.74) is -0.458. The molecule has 0 heterocycles. The maximum atomic E-state index is 12.0. The Labute approximate surface area is 130 Å². The van der Waals surface area contributed by atoms with E-state index in [1.54, 1.807) is 6.92 Å². The normalized spacial score (nSPS) is 11.2. The highest BCUT2D eigenvalue weighted by Gasteiger charge is 2.24. The highest BCUT2D eigenvalue weighted by molar-refractivity contribution is 7.89. The van der Waals surface area contributed by atoms with Gasteiger partial charge in [-0.05, 0) is 19.1 Å². The number of hydrogen-bond acceptors (Lipinski definition) is 5. The van der Waals surface area contributed by atoms with Gasteiger partial charge in [-0.15, -0.1) is 0 Å². The van der Waals surface area contributed by atoms with Gasteiger partial charge in [0.05, 0.1) is 17.2 Å². The van der Waals surface area contributed by atoms with Crippen molar-refractivity contribution in [3.05, 3.63) is 27.7 Å². The van der Waals surface area contributed by atoms with E-state index in [2.05, 4.69) is 4.74 Å². The van der Waals surface area contributed by atoms with E-state index in [1.807, 2.05) is 4.72 Å². The maximum absolute atomic E-state index is 12.0. The van der Waals surface area contributed by atoms with Crippen molar-refractivity contribution in [2.24, 2.45) is 0 Å². The summed E-state index contributed by atoms with van der Waals surface area (Å²) in [6, 6.07) is 2.01. The number of halogens is 2. The van der Waals surface area contributed by atoms with Crippen LogP contribution in [0.15, 0.2) is 17.0 Å². The average molecular weight is 356 g/mol. The van der Waals surface area contributed by atoms with Gasteiger partial charge in [-0.1, -0.05) is 23.2 Å². The van der Waals surface area contributed by atoms with Crippen molar-refractivity contribution in [2.75, 3.05) is 13.2 Å². The number of esters is 1. The monoisotopic (exact) mass is 355 g/mol. The molecule has 0 aliphatic heterocycles. The number of sulfonamides is 1. The van der Waals surface area contributed by atoms with Crippen molar-refractivity contribution >= 4 is 45.2 Å². The van der Waals surface area contributed by atoms with Gasteiger partial charge >= 0.3 is 11.9 Å². The second-order valence-electron chi connectivity index (χ2n) is 3.70. The quantitative estimate of drug-likeness (QED) is 0.748. The Bertz CT molecular complexity index is 674. The molecule has 1 aromatic rings. The second kappa shape index (κ2) is 7.08. The van der Waals surface area contributed by atoms with E-state index in [0.717, 1.165) is 12.1 Å². The molecule has 7 nitrogen and oxygen atoms in total. The Morgan fingerprint density at radius 2 is 1.95 bits per heavy atom. The first kappa shape index (κ1) is 17.7. The molecule has 0 spiro atoms. The largest absolute Gasteiger partial charge is 0.478 e. The number of carboxylic acids is 1. The fourth-order valence-corrected chi connectivity index (χ4v) is 3.23. The SMILES string of the molecule is CCOC(=O)CNS(=O)(=O)c1cc(Cl)cc(C(=O)O)c1Cl. The minimum atomic E-state index is -4.21. The summed E-state index contributed by atoms with van der Waals surface area (Å²) in [5, 5.41) is 8.32. The standard InChI is InChI=1S/C11H11Cl2NO6S/c1-2-20-9(15)5-14-21(18,19)8-4-6(12)3-7(10(8)13)11(16)17/h3-4,14H,2,5H2,1H3,(H,16,17). The van der Waals surface area contributed by atoms with Gasteiger partial charge in [-0.25, -0.2) is 13.2 Å². The summed E-state index contributed by atoms with van der Waals surface area (Å²) in [7, 11) is -4.21. The van der Waals surface area contributed by atoms with Gasteiger partial charge in [0.25, 0.3) is 0 Å². The number of benzene rings is 1. The number of carbonyl (C=O) groups excluding carboxylic acids is 1. The molecule has 21 heavy (non-hydrogen) atoms. The van der Waals surface area contributed by atoms with Crippen LogP contribution in [0.4, 0.5) is 0 Å². The Hall–Kier alpha value is -1.35. The lowest BCUT2D eigenvalue weighted by atomic mass is 10.2. The third-order valence-corrected chi connectivity index (χ3v) is 4.40. The summed E-state index contributed by atoms with van der Waals surface area (Å²) in [4.78, 5) is 21.6. The first-order chi connectivity index (χ1) is 9.69. The van der Waals surface area contributed by atoms with Crippen molar-refractivity contribution < 1.29 is 27.9 Å². The number of aromatic carboxylic acids is 1. The van der Waals surface area contributed by atoms with Crippen LogP contribution in [0.5, 0.6) is 0 Å². The van der Waals surface area contributed by atoms with Crippen molar-refractivity contribution in [2.45, 2.75) is 11.8 Å². The minimum absolute atomic E-state index is 0.0989. The summed E-state index contributed by atoms with van der Waals surface area (Å²) < 4.78 is 30.6. The number of rotatable bonds is 6. The average Bonchev–Trinajstić information content (AvgIpc) is 2.39. The molecule has 0 atom stereocenters. The van der Waals surface area contributed by atoms with Crippen molar-refractivity contribution in [1.82, 2.24) is 4.72 Å². The zero-order chi connectivity index (χ0) is 16.2. The summed E-state index contributed by atoms with van der Waals surface area (Å²) >= 11 is 11.4. The number of carbonyl (C=O) groups is 2. The molecular weight excluding hydrogens is 345 g/mol. The molecule has 0 unspecified atom stereocenters. The molecular formula is C11H11Cl2NO6S.